The van der Waals surface area contributed by atoms with E-state index in [0.717, 1.165) is 0 Å². The fourth-order valence-corrected chi connectivity index (χ4v) is 3.08. The van der Waals surface area contributed by atoms with Crippen molar-refractivity contribution in [1.82, 2.24) is 16.0 Å². The zero-order chi connectivity index (χ0) is 23.3. The van der Waals surface area contributed by atoms with E-state index in [2.05, 4.69) is 31.3 Å². The molecule has 0 bridgehead atoms. The van der Waals surface area contributed by atoms with Crippen molar-refractivity contribution in [1.29, 1.82) is 0 Å². The van der Waals surface area contributed by atoms with E-state index in [1.54, 1.807) is 12.1 Å². The van der Waals surface area contributed by atoms with Gasteiger partial charge in [0.15, 0.2) is 17.8 Å². The van der Waals surface area contributed by atoms with Crippen LogP contribution < -0.4 is 27.0 Å². The molecule has 0 radical (unpaired) electrons. The van der Waals surface area contributed by atoms with Gasteiger partial charge in [0.25, 0.3) is 11.8 Å². The minimum Gasteiger partial charge on any atom is -0.481 e. The van der Waals surface area contributed by atoms with Gasteiger partial charge in [-0.3, -0.25) is 30.1 Å². The lowest BCUT2D eigenvalue weighted by Gasteiger charge is -2.28. The van der Waals surface area contributed by atoms with Crippen LogP contribution in [0.1, 0.15) is 23.2 Å². The highest BCUT2D eigenvalue weighted by Gasteiger charge is 2.30. The van der Waals surface area contributed by atoms with Crippen molar-refractivity contribution in [3.8, 4) is 0 Å². The van der Waals surface area contributed by atoms with Gasteiger partial charge in [0, 0.05) is 24.2 Å². The van der Waals surface area contributed by atoms with Crippen molar-refractivity contribution in [3.05, 3.63) is 29.8 Å². The highest BCUT2D eigenvalue weighted by atomic mass is 16.4. The number of carbonyl (C=O) groups excluding carboxylic acids is 2. The molecule has 8 N–H and O–H groups in total. The van der Waals surface area contributed by atoms with Crippen molar-refractivity contribution in [2.24, 2.45) is 15.7 Å². The Kier molecular flexibility index (Phi) is 7.00. The summed E-state index contributed by atoms with van der Waals surface area (Å²) < 4.78 is 0. The van der Waals surface area contributed by atoms with Crippen LogP contribution in [-0.4, -0.2) is 77.0 Å². The summed E-state index contributed by atoms with van der Waals surface area (Å²) in [6, 6.07) is 4.73. The molecule has 13 nitrogen and oxygen atoms in total. The quantitative estimate of drug-likeness (QED) is 0.231. The normalized spacial score (nSPS) is 20.5. The third kappa shape index (κ3) is 5.78. The minimum absolute atomic E-state index is 0.202. The van der Waals surface area contributed by atoms with Gasteiger partial charge in [-0.25, -0.2) is 4.79 Å². The van der Waals surface area contributed by atoms with Crippen LogP contribution in [0.2, 0.25) is 0 Å². The Morgan fingerprint density at radius 3 is 2.56 bits per heavy atom. The van der Waals surface area contributed by atoms with E-state index >= 15 is 0 Å². The van der Waals surface area contributed by atoms with Gasteiger partial charge >= 0.3 is 11.9 Å². The number of aliphatic imine (C=N–C) groups is 2. The molecule has 1 aromatic rings. The Morgan fingerprint density at radius 2 is 1.91 bits per heavy atom. The van der Waals surface area contributed by atoms with E-state index in [4.69, 9.17) is 15.9 Å². The maximum Gasteiger partial charge on any atom is 0.326 e. The van der Waals surface area contributed by atoms with Crippen molar-refractivity contribution in [2.45, 2.75) is 31.2 Å². The lowest BCUT2D eigenvalue weighted by Crippen LogP contribution is -2.64. The molecule has 2 aliphatic heterocycles. The highest BCUT2D eigenvalue weighted by molar-refractivity contribution is 6.67. The van der Waals surface area contributed by atoms with Crippen molar-refractivity contribution < 1.29 is 29.4 Å². The van der Waals surface area contributed by atoms with Crippen LogP contribution in [0.3, 0.4) is 0 Å². The van der Waals surface area contributed by atoms with Gasteiger partial charge in [-0.15, -0.1) is 0 Å². The number of carboxylic acids is 2. The number of amides is 2. The van der Waals surface area contributed by atoms with Crippen molar-refractivity contribution in [3.63, 3.8) is 0 Å². The lowest BCUT2D eigenvalue weighted by atomic mass is 10.1. The first-order valence-corrected chi connectivity index (χ1v) is 9.78. The largest absolute Gasteiger partial charge is 0.481 e. The van der Waals surface area contributed by atoms with Crippen LogP contribution in [0, 0.1) is 0 Å². The number of hydrogen-bond acceptors (Lipinski definition) is 9. The third-order valence-corrected chi connectivity index (χ3v) is 4.73. The fraction of sp³-hybridized carbons (Fsp3) is 0.368. The molecule has 0 aliphatic carbocycles. The van der Waals surface area contributed by atoms with Crippen LogP contribution in [-0.2, 0) is 14.4 Å². The molecular formula is C19H23N7O6. The van der Waals surface area contributed by atoms with Gasteiger partial charge in [0.05, 0.1) is 12.6 Å². The van der Waals surface area contributed by atoms with Crippen LogP contribution in [0.15, 0.2) is 34.3 Å². The summed E-state index contributed by atoms with van der Waals surface area (Å²) in [4.78, 5) is 54.8. The van der Waals surface area contributed by atoms with E-state index in [0.29, 0.717) is 24.6 Å². The number of amidine groups is 1. The third-order valence-electron chi connectivity index (χ3n) is 4.73. The number of rotatable bonds is 9. The Labute approximate surface area is 182 Å². The van der Waals surface area contributed by atoms with Gasteiger partial charge in [-0.1, -0.05) is 0 Å². The van der Waals surface area contributed by atoms with Crippen molar-refractivity contribution >= 4 is 41.0 Å². The lowest BCUT2D eigenvalue weighted by molar-refractivity contribution is -0.140. The highest BCUT2D eigenvalue weighted by Crippen LogP contribution is 2.12. The van der Waals surface area contributed by atoms with E-state index < -0.39 is 36.1 Å². The Balaban J connectivity index is 1.54. The molecule has 0 aromatic heterocycles. The van der Waals surface area contributed by atoms with E-state index in [1.165, 1.54) is 12.1 Å². The predicted octanol–water partition coefficient (Wildman–Crippen LogP) is -1.67. The minimum atomic E-state index is -1.30. The summed E-state index contributed by atoms with van der Waals surface area (Å²) in [6.45, 7) is 0.758. The summed E-state index contributed by atoms with van der Waals surface area (Å²) in [5, 5.41) is 28.7. The monoisotopic (exact) mass is 445 g/mol. The molecule has 2 heterocycles. The van der Waals surface area contributed by atoms with Gasteiger partial charge in [-0.2, -0.15) is 0 Å². The molecule has 32 heavy (non-hydrogen) atoms. The molecule has 3 atom stereocenters. The van der Waals surface area contributed by atoms with E-state index in [-0.39, 0.29) is 30.2 Å². The van der Waals surface area contributed by atoms with Crippen LogP contribution in [0.25, 0.3) is 0 Å². The summed E-state index contributed by atoms with van der Waals surface area (Å²) >= 11 is 0. The molecule has 3 rings (SSSR count). The number of nitrogens with zero attached hydrogens (tertiary/aromatic N) is 2. The molecule has 1 unspecified atom stereocenters. The van der Waals surface area contributed by atoms with E-state index in [1.807, 2.05) is 0 Å². The SMILES string of the molecule is NC1NC(=O)C2=N[C@@H](CNc3ccc(C(=O)N[C@@H](CCC(=O)O)C(=O)O)cc3)CN=C2N1. The van der Waals surface area contributed by atoms with Gasteiger partial charge in [0.1, 0.15) is 6.04 Å². The zero-order valence-corrected chi connectivity index (χ0v) is 16.9. The van der Waals surface area contributed by atoms with Gasteiger partial charge in [0.2, 0.25) is 0 Å². The Morgan fingerprint density at radius 1 is 1.19 bits per heavy atom. The first-order valence-electron chi connectivity index (χ1n) is 9.78. The van der Waals surface area contributed by atoms with Crippen molar-refractivity contribution in [2.75, 3.05) is 18.4 Å². The number of carbonyl (C=O) groups is 4. The van der Waals surface area contributed by atoms with Crippen LogP contribution >= 0.6 is 0 Å². The Bertz CT molecular complexity index is 975. The first kappa shape index (κ1) is 22.7. The second-order valence-corrected chi connectivity index (χ2v) is 7.17. The number of fused-ring (bicyclic) bond motifs is 1. The number of nitrogens with one attached hydrogen (secondary N) is 4. The summed E-state index contributed by atoms with van der Waals surface area (Å²) in [6.07, 6.45) is -1.29. The Hall–Kier alpha value is -4.00. The molecule has 0 saturated carbocycles. The average molecular weight is 445 g/mol. The molecule has 1 saturated heterocycles. The number of benzene rings is 1. The second-order valence-electron chi connectivity index (χ2n) is 7.17. The summed E-state index contributed by atoms with van der Waals surface area (Å²) in [5.74, 6) is -3.09. The molecule has 13 heteroatoms. The zero-order valence-electron chi connectivity index (χ0n) is 16.9. The molecule has 2 amide bonds. The molecule has 170 valence electrons. The topological polar surface area (TPSA) is 208 Å². The van der Waals surface area contributed by atoms with Gasteiger partial charge in [-0.05, 0) is 30.7 Å². The maximum absolute atomic E-state index is 12.3. The van der Waals surface area contributed by atoms with Gasteiger partial charge < -0.3 is 31.5 Å². The predicted molar refractivity (Wildman–Crippen MR) is 113 cm³/mol. The number of aliphatic carboxylic acids is 2. The number of carboxylic acid groups (broad SMARTS) is 2. The average Bonchev–Trinajstić information content (AvgIpc) is 2.75. The smallest absolute Gasteiger partial charge is 0.326 e. The molecule has 0 spiro atoms. The first-order chi connectivity index (χ1) is 15.2. The van der Waals surface area contributed by atoms with E-state index in [9.17, 15) is 19.2 Å². The number of anilines is 1. The molecular weight excluding hydrogens is 422 g/mol. The standard InChI is InChI=1S/C19H23N7O6/c20-19-25-15-14(17(30)26-19)23-11(8-22-15)7-21-10-3-1-9(2-4-10)16(29)24-12(18(31)32)5-6-13(27)28/h1-4,11-12,19,21H,5-8,20H2,(H,22,25)(H,24,29)(H,26,30)(H,27,28)(H,31,32)/t11-,12-,19?/m0/s1. The molecule has 1 aromatic carbocycles. The molecule has 1 fully saturated rings. The number of hydrogen-bond donors (Lipinski definition) is 7. The fourth-order valence-electron chi connectivity index (χ4n) is 3.08. The maximum atomic E-state index is 12.3. The summed E-state index contributed by atoms with van der Waals surface area (Å²) in [5.41, 5.74) is 6.75. The number of nitrogens with two attached hydrogens (primary N) is 1. The molecule has 2 aliphatic rings. The van der Waals surface area contributed by atoms with Crippen LogP contribution in [0.4, 0.5) is 5.69 Å². The van der Waals surface area contributed by atoms with Crippen LogP contribution in [0.5, 0.6) is 0 Å². The summed E-state index contributed by atoms with van der Waals surface area (Å²) in [7, 11) is 0. The second kappa shape index (κ2) is 9.87.